The second-order valence-electron chi connectivity index (χ2n) is 6.17. The van der Waals surface area contributed by atoms with Gasteiger partial charge in [-0.2, -0.15) is 4.72 Å². The minimum Gasteiger partial charge on any atom is -0.495 e. The minimum absolute atomic E-state index is 0.116. The third-order valence-corrected chi connectivity index (χ3v) is 6.46. The smallest absolute Gasteiger partial charge is 0.245 e. The molecular weight excluding hydrogens is 415 g/mol. The van der Waals surface area contributed by atoms with Crippen molar-refractivity contribution in [3.8, 4) is 5.75 Å². The highest BCUT2D eigenvalue weighted by molar-refractivity contribution is 7.89. The summed E-state index contributed by atoms with van der Waals surface area (Å²) in [6.45, 7) is 1.33. The normalized spacial score (nSPS) is 12.4. The molecule has 3 rings (SSSR count). The topological polar surface area (TPSA) is 84.5 Å². The van der Waals surface area contributed by atoms with Crippen LogP contribution >= 0.6 is 11.3 Å². The zero-order valence-corrected chi connectivity index (χ0v) is 17.3. The molecule has 0 bridgehead atoms. The average molecular weight is 435 g/mol. The summed E-state index contributed by atoms with van der Waals surface area (Å²) in [5.74, 6) is -0.601. The Morgan fingerprint density at radius 3 is 2.45 bits per heavy atom. The van der Waals surface area contributed by atoms with Crippen LogP contribution in [-0.2, 0) is 14.8 Å². The quantitative estimate of drug-likeness (QED) is 0.590. The fourth-order valence-electron chi connectivity index (χ4n) is 2.79. The highest BCUT2D eigenvalue weighted by Crippen LogP contribution is 2.32. The van der Waals surface area contributed by atoms with Crippen molar-refractivity contribution in [3.05, 3.63) is 76.2 Å². The lowest BCUT2D eigenvalue weighted by atomic mass is 10.1. The van der Waals surface area contributed by atoms with Crippen LogP contribution in [0.2, 0.25) is 0 Å². The van der Waals surface area contributed by atoms with Crippen LogP contribution in [0.1, 0.15) is 23.4 Å². The molecule has 1 atom stereocenters. The Balaban J connectivity index is 2.03. The van der Waals surface area contributed by atoms with Gasteiger partial charge in [0.05, 0.1) is 13.2 Å². The zero-order chi connectivity index (χ0) is 21.0. The van der Waals surface area contributed by atoms with Gasteiger partial charge in [-0.05, 0) is 47.3 Å². The van der Waals surface area contributed by atoms with E-state index in [-0.39, 0.29) is 16.6 Å². The standard InChI is InChI=1S/C20H19FN2O4S2/c1-13(24)22-16-9-10-17(27-2)19(12-16)29(25,26)23-20(18-4-3-11-28-18)14-5-7-15(21)8-6-14/h3-12,20,23H,1-2H3,(H,22,24)/t20-/m1/s1. The van der Waals surface area contributed by atoms with Gasteiger partial charge in [0.15, 0.2) is 0 Å². The molecule has 0 radical (unpaired) electrons. The van der Waals surface area contributed by atoms with Gasteiger partial charge in [-0.1, -0.05) is 18.2 Å². The van der Waals surface area contributed by atoms with Crippen molar-refractivity contribution >= 4 is 33.0 Å². The number of amides is 1. The van der Waals surface area contributed by atoms with Gasteiger partial charge in [0.1, 0.15) is 16.5 Å². The molecule has 0 spiro atoms. The highest BCUT2D eigenvalue weighted by Gasteiger charge is 2.27. The minimum atomic E-state index is -4.06. The number of hydrogen-bond acceptors (Lipinski definition) is 5. The lowest BCUT2D eigenvalue weighted by molar-refractivity contribution is -0.114. The van der Waals surface area contributed by atoms with Crippen molar-refractivity contribution < 1.29 is 22.3 Å². The van der Waals surface area contributed by atoms with Crippen molar-refractivity contribution in [1.82, 2.24) is 4.72 Å². The largest absolute Gasteiger partial charge is 0.495 e. The van der Waals surface area contributed by atoms with Crippen LogP contribution in [-0.4, -0.2) is 21.4 Å². The first-order valence-corrected chi connectivity index (χ1v) is 10.9. The van der Waals surface area contributed by atoms with Crippen LogP contribution in [0.3, 0.4) is 0 Å². The second-order valence-corrected chi connectivity index (χ2v) is 8.83. The van der Waals surface area contributed by atoms with Gasteiger partial charge in [-0.15, -0.1) is 11.3 Å². The van der Waals surface area contributed by atoms with Crippen molar-refractivity contribution in [1.29, 1.82) is 0 Å². The molecule has 2 N–H and O–H groups in total. The van der Waals surface area contributed by atoms with Crippen LogP contribution in [0, 0.1) is 5.82 Å². The van der Waals surface area contributed by atoms with Gasteiger partial charge in [-0.3, -0.25) is 4.79 Å². The summed E-state index contributed by atoms with van der Waals surface area (Å²) in [6, 6.07) is 12.9. The third-order valence-electron chi connectivity index (χ3n) is 4.08. The van der Waals surface area contributed by atoms with Gasteiger partial charge < -0.3 is 10.1 Å². The van der Waals surface area contributed by atoms with E-state index in [1.54, 1.807) is 12.1 Å². The fraction of sp³-hybridized carbons (Fsp3) is 0.150. The van der Waals surface area contributed by atoms with E-state index in [2.05, 4.69) is 10.0 Å². The van der Waals surface area contributed by atoms with E-state index in [0.717, 1.165) is 4.88 Å². The van der Waals surface area contributed by atoms with Crippen molar-refractivity contribution in [2.75, 3.05) is 12.4 Å². The van der Waals surface area contributed by atoms with Crippen molar-refractivity contribution in [2.24, 2.45) is 0 Å². The zero-order valence-electron chi connectivity index (χ0n) is 15.7. The molecule has 0 fully saturated rings. The summed E-state index contributed by atoms with van der Waals surface area (Å²) in [4.78, 5) is 12.0. The maximum Gasteiger partial charge on any atom is 0.245 e. The van der Waals surface area contributed by atoms with Gasteiger partial charge >= 0.3 is 0 Å². The number of thiophene rings is 1. The van der Waals surface area contributed by atoms with E-state index in [1.165, 1.54) is 61.8 Å². The molecule has 0 aliphatic rings. The number of ether oxygens (including phenoxy) is 1. The Labute approximate surface area is 172 Å². The van der Waals surface area contributed by atoms with Crippen LogP contribution in [0.25, 0.3) is 0 Å². The Kier molecular flexibility index (Phi) is 6.31. The Hall–Kier alpha value is -2.75. The van der Waals surface area contributed by atoms with Crippen molar-refractivity contribution in [3.63, 3.8) is 0 Å². The molecule has 0 unspecified atom stereocenters. The van der Waals surface area contributed by atoms with E-state index < -0.39 is 21.9 Å². The van der Waals surface area contributed by atoms with Gasteiger partial charge in [0.25, 0.3) is 0 Å². The molecule has 0 aliphatic carbocycles. The maximum absolute atomic E-state index is 13.4. The van der Waals surface area contributed by atoms with E-state index in [1.807, 2.05) is 11.4 Å². The Morgan fingerprint density at radius 2 is 1.86 bits per heavy atom. The first-order chi connectivity index (χ1) is 13.8. The summed E-state index contributed by atoms with van der Waals surface area (Å²) < 4.78 is 47.7. The molecule has 0 saturated carbocycles. The van der Waals surface area contributed by atoms with E-state index in [4.69, 9.17) is 4.74 Å². The first kappa shape index (κ1) is 21.0. The monoisotopic (exact) mass is 434 g/mol. The predicted octanol–water partition coefficient (Wildman–Crippen LogP) is 3.92. The number of sulfonamides is 1. The summed E-state index contributed by atoms with van der Waals surface area (Å²) in [6.07, 6.45) is 0. The lowest BCUT2D eigenvalue weighted by Crippen LogP contribution is -2.29. The summed E-state index contributed by atoms with van der Waals surface area (Å²) in [7, 11) is -2.69. The van der Waals surface area contributed by atoms with Crippen LogP contribution < -0.4 is 14.8 Å². The van der Waals surface area contributed by atoms with Gasteiger partial charge in [0, 0.05) is 17.5 Å². The van der Waals surface area contributed by atoms with Crippen LogP contribution in [0.4, 0.5) is 10.1 Å². The molecule has 1 amide bonds. The molecule has 1 heterocycles. The highest BCUT2D eigenvalue weighted by atomic mass is 32.2. The lowest BCUT2D eigenvalue weighted by Gasteiger charge is -2.20. The number of hydrogen-bond donors (Lipinski definition) is 2. The SMILES string of the molecule is COc1ccc(NC(C)=O)cc1S(=O)(=O)N[C@H](c1ccc(F)cc1)c1cccs1. The molecular formula is C20H19FN2O4S2. The fourth-order valence-corrected chi connectivity index (χ4v) is 5.06. The third kappa shape index (κ3) is 5.00. The second kappa shape index (κ2) is 8.73. The molecule has 0 saturated heterocycles. The summed E-state index contributed by atoms with van der Waals surface area (Å²) in [5, 5.41) is 4.39. The van der Waals surface area contributed by atoms with Crippen LogP contribution in [0.5, 0.6) is 5.75 Å². The Bertz CT molecular complexity index is 1100. The number of halogens is 1. The van der Waals surface area contributed by atoms with Crippen molar-refractivity contribution in [2.45, 2.75) is 17.9 Å². The van der Waals surface area contributed by atoms with Crippen LogP contribution in [0.15, 0.2) is 64.9 Å². The number of methoxy groups -OCH3 is 1. The van der Waals surface area contributed by atoms with Gasteiger partial charge in [0.2, 0.25) is 15.9 Å². The molecule has 9 heteroatoms. The number of carbonyl (C=O) groups is 1. The molecule has 2 aromatic carbocycles. The van der Waals surface area contributed by atoms with E-state index in [0.29, 0.717) is 11.3 Å². The molecule has 3 aromatic rings. The number of nitrogens with one attached hydrogen (secondary N) is 2. The van der Waals surface area contributed by atoms with E-state index in [9.17, 15) is 17.6 Å². The summed E-state index contributed by atoms with van der Waals surface area (Å²) in [5.41, 5.74) is 0.919. The molecule has 6 nitrogen and oxygen atoms in total. The number of rotatable bonds is 7. The predicted molar refractivity (Wildman–Crippen MR) is 110 cm³/mol. The molecule has 0 aliphatic heterocycles. The van der Waals surface area contributed by atoms with Gasteiger partial charge in [-0.25, -0.2) is 12.8 Å². The molecule has 152 valence electrons. The maximum atomic E-state index is 13.4. The average Bonchev–Trinajstić information content (AvgIpc) is 3.21. The number of anilines is 1. The number of carbonyl (C=O) groups excluding carboxylic acids is 1. The summed E-state index contributed by atoms with van der Waals surface area (Å²) >= 11 is 1.38. The molecule has 29 heavy (non-hydrogen) atoms. The molecule has 1 aromatic heterocycles. The number of benzene rings is 2. The first-order valence-electron chi connectivity index (χ1n) is 8.57. The Morgan fingerprint density at radius 1 is 1.14 bits per heavy atom. The van der Waals surface area contributed by atoms with E-state index >= 15 is 0 Å².